The van der Waals surface area contributed by atoms with Gasteiger partial charge in [-0.25, -0.2) is 0 Å². The van der Waals surface area contributed by atoms with Crippen molar-refractivity contribution in [1.29, 1.82) is 0 Å². The number of nitrogens with one attached hydrogen (secondary N) is 1. The molecule has 1 N–H and O–H groups in total. The van der Waals surface area contributed by atoms with Gasteiger partial charge in [-0.05, 0) is 68.5 Å². The summed E-state index contributed by atoms with van der Waals surface area (Å²) >= 11 is 0. The zero-order chi connectivity index (χ0) is 22.8. The number of benzene rings is 2. The van der Waals surface area contributed by atoms with Crippen molar-refractivity contribution in [1.82, 2.24) is 15.0 Å². The van der Waals surface area contributed by atoms with Crippen molar-refractivity contribution in [3.8, 4) is 0 Å². The monoisotopic (exact) mass is 446 g/mol. The SMILES string of the molecule is CN1CCN(C(=O)[C@H]2CC[C@H](c3ccc(NC(=O)c4onc5ccccc45)cc3)CC2)CC1. The number of nitrogens with zero attached hydrogens (tertiary/aromatic N) is 3. The molecule has 1 aliphatic carbocycles. The second kappa shape index (κ2) is 9.35. The van der Waals surface area contributed by atoms with Crippen LogP contribution in [0.4, 0.5) is 5.69 Å². The van der Waals surface area contributed by atoms with Crippen molar-refractivity contribution in [3.05, 3.63) is 59.9 Å². The van der Waals surface area contributed by atoms with Crippen molar-refractivity contribution < 1.29 is 14.1 Å². The average Bonchev–Trinajstić information content (AvgIpc) is 3.29. The molecule has 7 heteroatoms. The lowest BCUT2D eigenvalue weighted by atomic mass is 9.78. The highest BCUT2D eigenvalue weighted by Crippen LogP contribution is 2.37. The van der Waals surface area contributed by atoms with E-state index in [1.807, 2.05) is 36.4 Å². The molecule has 33 heavy (non-hydrogen) atoms. The number of amides is 2. The minimum atomic E-state index is -0.306. The van der Waals surface area contributed by atoms with Crippen LogP contribution in [0.5, 0.6) is 0 Å². The number of fused-ring (bicyclic) bond motifs is 1. The molecule has 0 bridgehead atoms. The van der Waals surface area contributed by atoms with Gasteiger partial charge in [0.2, 0.25) is 11.7 Å². The Labute approximate surface area is 193 Å². The van der Waals surface area contributed by atoms with Crippen LogP contribution < -0.4 is 5.32 Å². The Balaban J connectivity index is 1.16. The Morgan fingerprint density at radius 1 is 0.939 bits per heavy atom. The number of rotatable bonds is 4. The molecular formula is C26H30N4O3. The molecule has 2 heterocycles. The van der Waals surface area contributed by atoms with Gasteiger partial charge in [-0.3, -0.25) is 9.59 Å². The number of hydrogen-bond donors (Lipinski definition) is 1. The Hall–Kier alpha value is -3.19. The molecule has 2 aliphatic rings. The van der Waals surface area contributed by atoms with Gasteiger partial charge in [0.25, 0.3) is 5.91 Å². The molecule has 2 fully saturated rings. The second-order valence-corrected chi connectivity index (χ2v) is 9.28. The van der Waals surface area contributed by atoms with E-state index in [0.29, 0.717) is 22.7 Å². The van der Waals surface area contributed by atoms with Gasteiger partial charge in [-0.1, -0.05) is 29.4 Å². The third kappa shape index (κ3) is 4.64. The Morgan fingerprint density at radius 3 is 2.36 bits per heavy atom. The quantitative estimate of drug-likeness (QED) is 0.652. The van der Waals surface area contributed by atoms with Crippen LogP contribution in [-0.2, 0) is 4.79 Å². The largest absolute Gasteiger partial charge is 0.350 e. The highest BCUT2D eigenvalue weighted by atomic mass is 16.5. The second-order valence-electron chi connectivity index (χ2n) is 9.28. The van der Waals surface area contributed by atoms with Crippen LogP contribution in [0.2, 0.25) is 0 Å². The number of aromatic nitrogens is 1. The third-order valence-corrected chi connectivity index (χ3v) is 7.12. The van der Waals surface area contributed by atoms with Gasteiger partial charge in [0.05, 0.1) is 5.39 Å². The molecule has 2 amide bonds. The summed E-state index contributed by atoms with van der Waals surface area (Å²) in [6.45, 7) is 3.64. The minimum absolute atomic E-state index is 0.167. The number of likely N-dealkylation sites (N-methyl/N-ethyl adjacent to an activating group) is 1. The van der Waals surface area contributed by atoms with E-state index < -0.39 is 0 Å². The molecule has 0 unspecified atom stereocenters. The molecule has 0 spiro atoms. The van der Waals surface area contributed by atoms with E-state index in [1.165, 1.54) is 5.56 Å². The topological polar surface area (TPSA) is 78.7 Å². The summed E-state index contributed by atoms with van der Waals surface area (Å²) < 4.78 is 5.25. The molecule has 0 atom stereocenters. The molecule has 5 rings (SSSR count). The summed E-state index contributed by atoms with van der Waals surface area (Å²) in [5.74, 6) is 0.890. The molecule has 0 radical (unpaired) electrons. The van der Waals surface area contributed by atoms with Gasteiger partial charge in [0.15, 0.2) is 0 Å². The molecule has 1 aliphatic heterocycles. The van der Waals surface area contributed by atoms with E-state index in [9.17, 15) is 9.59 Å². The Kier molecular flexibility index (Phi) is 6.13. The lowest BCUT2D eigenvalue weighted by molar-refractivity contribution is -0.138. The van der Waals surface area contributed by atoms with Gasteiger partial charge < -0.3 is 19.6 Å². The molecule has 172 valence electrons. The fourth-order valence-electron chi connectivity index (χ4n) is 5.04. The smallest absolute Gasteiger partial charge is 0.294 e. The van der Waals surface area contributed by atoms with Crippen molar-refractivity contribution in [3.63, 3.8) is 0 Å². The standard InChI is InChI=1S/C26H30N4O3/c1-29-14-16-30(17-15-29)26(32)20-8-6-18(7-9-20)19-10-12-21(13-11-19)27-25(31)24-22-4-2-3-5-23(22)28-33-24/h2-5,10-13,18,20H,6-9,14-17H2,1H3,(H,27,31)/t18-,20-. The zero-order valence-electron chi connectivity index (χ0n) is 19.0. The minimum Gasteiger partial charge on any atom is -0.350 e. The molecular weight excluding hydrogens is 416 g/mol. The van der Waals surface area contributed by atoms with Gasteiger partial charge in [-0.15, -0.1) is 0 Å². The van der Waals surface area contributed by atoms with E-state index >= 15 is 0 Å². The lowest BCUT2D eigenvalue weighted by Crippen LogP contribution is -2.49. The highest BCUT2D eigenvalue weighted by Gasteiger charge is 2.31. The molecule has 1 aromatic heterocycles. The zero-order valence-corrected chi connectivity index (χ0v) is 19.0. The number of piperazine rings is 1. The molecule has 1 saturated carbocycles. The van der Waals surface area contributed by atoms with Gasteiger partial charge in [0, 0.05) is 37.8 Å². The molecule has 1 saturated heterocycles. The van der Waals surface area contributed by atoms with Gasteiger partial charge >= 0.3 is 0 Å². The van der Waals surface area contributed by atoms with Crippen LogP contribution in [-0.4, -0.2) is 60.0 Å². The summed E-state index contributed by atoms with van der Waals surface area (Å²) in [6.07, 6.45) is 3.96. The summed E-state index contributed by atoms with van der Waals surface area (Å²) in [5, 5.41) is 7.55. The van der Waals surface area contributed by atoms with Crippen LogP contribution in [0.25, 0.3) is 10.9 Å². The lowest BCUT2D eigenvalue weighted by Gasteiger charge is -2.36. The van der Waals surface area contributed by atoms with E-state index in [1.54, 1.807) is 0 Å². The first-order valence-corrected chi connectivity index (χ1v) is 11.8. The third-order valence-electron chi connectivity index (χ3n) is 7.12. The number of carbonyl (C=O) groups excluding carboxylic acids is 2. The first-order chi connectivity index (χ1) is 16.1. The maximum absolute atomic E-state index is 12.9. The van der Waals surface area contributed by atoms with Crippen LogP contribution in [0.3, 0.4) is 0 Å². The van der Waals surface area contributed by atoms with E-state index in [4.69, 9.17) is 4.52 Å². The van der Waals surface area contributed by atoms with E-state index in [0.717, 1.165) is 57.5 Å². The van der Waals surface area contributed by atoms with Crippen molar-refractivity contribution >= 4 is 28.4 Å². The Bertz CT molecular complexity index is 1120. The molecule has 3 aromatic rings. The summed E-state index contributed by atoms with van der Waals surface area (Å²) in [6, 6.07) is 15.4. The summed E-state index contributed by atoms with van der Waals surface area (Å²) in [4.78, 5) is 29.9. The molecule has 7 nitrogen and oxygen atoms in total. The first kappa shape index (κ1) is 21.6. The van der Waals surface area contributed by atoms with Crippen LogP contribution >= 0.6 is 0 Å². The van der Waals surface area contributed by atoms with Crippen LogP contribution in [0, 0.1) is 5.92 Å². The van der Waals surface area contributed by atoms with E-state index in [-0.39, 0.29) is 17.6 Å². The maximum Gasteiger partial charge on any atom is 0.294 e. The first-order valence-electron chi connectivity index (χ1n) is 11.8. The van der Waals surface area contributed by atoms with Crippen molar-refractivity contribution in [2.24, 2.45) is 5.92 Å². The van der Waals surface area contributed by atoms with Gasteiger partial charge in [0.1, 0.15) is 5.52 Å². The van der Waals surface area contributed by atoms with Gasteiger partial charge in [-0.2, -0.15) is 0 Å². The predicted octanol–water partition coefficient (Wildman–Crippen LogP) is 4.13. The average molecular weight is 447 g/mol. The van der Waals surface area contributed by atoms with Crippen molar-refractivity contribution in [2.75, 3.05) is 38.5 Å². The Morgan fingerprint density at radius 2 is 1.64 bits per heavy atom. The molecule has 2 aromatic carbocycles. The normalized spacial score (nSPS) is 21.8. The van der Waals surface area contributed by atoms with Crippen molar-refractivity contribution in [2.45, 2.75) is 31.6 Å². The maximum atomic E-state index is 12.9. The van der Waals surface area contributed by atoms with E-state index in [2.05, 4.69) is 39.5 Å². The number of hydrogen-bond acceptors (Lipinski definition) is 5. The predicted molar refractivity (Wildman–Crippen MR) is 127 cm³/mol. The number of carbonyl (C=O) groups is 2. The van der Waals surface area contributed by atoms with Crippen LogP contribution in [0.15, 0.2) is 53.1 Å². The highest BCUT2D eigenvalue weighted by molar-refractivity contribution is 6.10. The van der Waals surface area contributed by atoms with Crippen LogP contribution in [0.1, 0.15) is 47.7 Å². The summed E-state index contributed by atoms with van der Waals surface area (Å²) in [5.41, 5.74) is 2.66. The fraction of sp³-hybridized carbons (Fsp3) is 0.423. The fourth-order valence-corrected chi connectivity index (χ4v) is 5.04. The summed E-state index contributed by atoms with van der Waals surface area (Å²) in [7, 11) is 2.11. The number of anilines is 1.